The van der Waals surface area contributed by atoms with E-state index in [1.807, 2.05) is 23.5 Å². The highest BCUT2D eigenvalue weighted by Crippen LogP contribution is 2.54. The van der Waals surface area contributed by atoms with E-state index in [0.29, 0.717) is 5.75 Å². The fourth-order valence-corrected chi connectivity index (χ4v) is 8.48. The summed E-state index contributed by atoms with van der Waals surface area (Å²) in [6.07, 6.45) is 2.08. The van der Waals surface area contributed by atoms with Crippen LogP contribution in [0.4, 0.5) is 0 Å². The predicted octanol–water partition coefficient (Wildman–Crippen LogP) is 8.92. The topological polar surface area (TPSA) is 61.7 Å². The van der Waals surface area contributed by atoms with Gasteiger partial charge in [0.25, 0.3) is 0 Å². The number of phenolic OH excluding ortho intramolecular Hbond substituents is 1. The molecule has 0 amide bonds. The number of nitrogens with one attached hydrogen (secondary N) is 1. The van der Waals surface area contributed by atoms with Gasteiger partial charge in [0.2, 0.25) is 0 Å². The third kappa shape index (κ3) is 8.40. The normalized spacial score (nSPS) is 16.6. The van der Waals surface area contributed by atoms with Crippen molar-refractivity contribution in [3.05, 3.63) is 46.5 Å². The van der Waals surface area contributed by atoms with Gasteiger partial charge in [-0.1, -0.05) is 83.1 Å². The minimum atomic E-state index is -0.164. The summed E-state index contributed by atoms with van der Waals surface area (Å²) in [5.74, 6) is 1.35. The molecule has 1 fully saturated rings. The Bertz CT molecular complexity index is 1130. The predicted molar refractivity (Wildman–Crippen MR) is 178 cm³/mol. The molecule has 1 aliphatic heterocycles. The molecule has 0 spiro atoms. The zero-order valence-corrected chi connectivity index (χ0v) is 29.3. The Morgan fingerprint density at radius 1 is 0.683 bits per heavy atom. The molecule has 1 saturated heterocycles. The first-order valence-corrected chi connectivity index (χ1v) is 16.7. The van der Waals surface area contributed by atoms with Gasteiger partial charge in [-0.15, -0.1) is 23.5 Å². The van der Waals surface area contributed by atoms with Crippen molar-refractivity contribution in [1.82, 2.24) is 5.32 Å². The summed E-state index contributed by atoms with van der Waals surface area (Å²) < 4.78 is 6.19. The molecule has 6 heteroatoms. The van der Waals surface area contributed by atoms with Crippen LogP contribution >= 0.6 is 23.5 Å². The third-order valence-electron chi connectivity index (χ3n) is 7.69. The van der Waals surface area contributed by atoms with Gasteiger partial charge in [0.05, 0.1) is 10.7 Å². The Balaban J connectivity index is 2.17. The van der Waals surface area contributed by atoms with Gasteiger partial charge in [0, 0.05) is 32.0 Å². The molecule has 4 nitrogen and oxygen atoms in total. The maximum atomic E-state index is 11.3. The number of piperidine rings is 1. The van der Waals surface area contributed by atoms with E-state index >= 15 is 0 Å². The lowest BCUT2D eigenvalue weighted by Gasteiger charge is -2.38. The smallest absolute Gasteiger partial charge is 0.126 e. The van der Waals surface area contributed by atoms with Crippen LogP contribution in [0.2, 0.25) is 0 Å². The first-order chi connectivity index (χ1) is 18.7. The van der Waals surface area contributed by atoms with Crippen molar-refractivity contribution in [3.63, 3.8) is 0 Å². The summed E-state index contributed by atoms with van der Waals surface area (Å²) in [4.78, 5) is 2.48. The molecular formula is C35H55NO3S2. The number of aliphatic hydroxyl groups excluding tert-OH is 1. The molecule has 0 saturated carbocycles. The van der Waals surface area contributed by atoms with Gasteiger partial charge in [-0.25, -0.2) is 0 Å². The highest BCUT2D eigenvalue weighted by molar-refractivity contribution is 8.18. The second-order valence-electron chi connectivity index (χ2n) is 15.7. The first kappa shape index (κ1) is 34.2. The molecule has 0 bridgehead atoms. The van der Waals surface area contributed by atoms with Crippen molar-refractivity contribution in [1.29, 1.82) is 0 Å². The summed E-state index contributed by atoms with van der Waals surface area (Å²) in [6.45, 7) is 28.8. The standard InChI is InChI=1S/C35H55NO3S2/c1-31(2,3)25-19-23(20-26(29(25)38)32(4,5)6)40-35(13-15-36-16-14-35)41-24-21-27(33(7,8)9)30(39-18-17-37)28(22-24)34(10,11)12/h19-22,36-38H,13-18H2,1-12H3. The van der Waals surface area contributed by atoms with Gasteiger partial charge in [0.15, 0.2) is 0 Å². The molecule has 0 aliphatic carbocycles. The van der Waals surface area contributed by atoms with E-state index in [-0.39, 0.29) is 39.0 Å². The number of ether oxygens (including phenoxy) is 1. The van der Waals surface area contributed by atoms with Crippen LogP contribution in [0.1, 0.15) is 118 Å². The van der Waals surface area contributed by atoms with Crippen LogP contribution in [0, 0.1) is 0 Å². The lowest BCUT2D eigenvalue weighted by atomic mass is 9.79. The highest BCUT2D eigenvalue weighted by Gasteiger charge is 2.37. The average molecular weight is 602 g/mol. The maximum absolute atomic E-state index is 11.3. The van der Waals surface area contributed by atoms with Gasteiger partial charge in [-0.05, 0) is 71.9 Å². The van der Waals surface area contributed by atoms with Crippen LogP contribution in [0.15, 0.2) is 34.1 Å². The highest BCUT2D eigenvalue weighted by atomic mass is 32.2. The Morgan fingerprint density at radius 2 is 1.05 bits per heavy atom. The monoisotopic (exact) mass is 601 g/mol. The second-order valence-corrected chi connectivity index (χ2v) is 18.8. The van der Waals surface area contributed by atoms with Gasteiger partial charge < -0.3 is 20.3 Å². The molecule has 41 heavy (non-hydrogen) atoms. The lowest BCUT2D eigenvalue weighted by Crippen LogP contribution is -2.37. The van der Waals surface area contributed by atoms with Gasteiger partial charge in [-0.2, -0.15) is 0 Å². The van der Waals surface area contributed by atoms with E-state index < -0.39 is 0 Å². The Kier molecular flexibility index (Phi) is 10.3. The van der Waals surface area contributed by atoms with Crippen LogP contribution < -0.4 is 10.1 Å². The minimum absolute atomic E-state index is 0.00381. The van der Waals surface area contributed by atoms with E-state index in [9.17, 15) is 10.2 Å². The molecule has 0 atom stereocenters. The largest absolute Gasteiger partial charge is 0.507 e. The molecule has 0 unspecified atom stereocenters. The van der Waals surface area contributed by atoms with Crippen LogP contribution in [0.25, 0.3) is 0 Å². The molecule has 0 radical (unpaired) electrons. The summed E-state index contributed by atoms with van der Waals surface area (Å²) in [7, 11) is 0. The number of aromatic hydroxyl groups is 1. The molecule has 230 valence electrons. The van der Waals surface area contributed by atoms with Gasteiger partial charge >= 0.3 is 0 Å². The quantitative estimate of drug-likeness (QED) is 0.276. The van der Waals surface area contributed by atoms with Crippen molar-refractivity contribution >= 4 is 23.5 Å². The summed E-state index contributed by atoms with van der Waals surface area (Å²) in [5.41, 5.74) is 3.83. The zero-order chi connectivity index (χ0) is 31.0. The first-order valence-electron chi connectivity index (χ1n) is 15.1. The van der Waals surface area contributed by atoms with Crippen molar-refractivity contribution in [2.75, 3.05) is 26.3 Å². The summed E-state index contributed by atoms with van der Waals surface area (Å²) in [6, 6.07) is 9.11. The van der Waals surface area contributed by atoms with Crippen LogP contribution in [-0.4, -0.2) is 40.6 Å². The van der Waals surface area contributed by atoms with Crippen LogP contribution in [-0.2, 0) is 21.7 Å². The Labute approximate surface area is 258 Å². The zero-order valence-electron chi connectivity index (χ0n) is 27.7. The molecular weight excluding hydrogens is 547 g/mol. The fraction of sp³-hybridized carbons (Fsp3) is 0.657. The molecule has 1 heterocycles. The van der Waals surface area contributed by atoms with Gasteiger partial charge in [-0.3, -0.25) is 0 Å². The maximum Gasteiger partial charge on any atom is 0.126 e. The van der Waals surface area contributed by atoms with E-state index in [2.05, 4.69) is 113 Å². The van der Waals surface area contributed by atoms with E-state index in [1.54, 1.807) is 0 Å². The van der Waals surface area contributed by atoms with E-state index in [1.165, 1.54) is 20.9 Å². The second kappa shape index (κ2) is 12.3. The van der Waals surface area contributed by atoms with Gasteiger partial charge in [0.1, 0.15) is 18.1 Å². The number of phenols is 1. The minimum Gasteiger partial charge on any atom is -0.507 e. The molecule has 2 aromatic rings. The molecule has 2 aromatic carbocycles. The van der Waals surface area contributed by atoms with Crippen LogP contribution in [0.5, 0.6) is 11.5 Å². The number of hydrogen-bond donors (Lipinski definition) is 3. The molecule has 1 aliphatic rings. The summed E-state index contributed by atoms with van der Waals surface area (Å²) in [5, 5.41) is 24.5. The molecule has 3 N–H and O–H groups in total. The average Bonchev–Trinajstić information content (AvgIpc) is 2.81. The van der Waals surface area contributed by atoms with E-state index in [4.69, 9.17) is 4.74 Å². The number of rotatable bonds is 7. The SMILES string of the molecule is CC(C)(C)c1cc(SC2(Sc3cc(C(C)(C)C)c(OCCO)c(C(C)(C)C)c3)CCNCC2)cc(C(C)(C)C)c1O. The van der Waals surface area contributed by atoms with E-state index in [0.717, 1.165) is 42.8 Å². The number of hydrogen-bond acceptors (Lipinski definition) is 6. The number of benzene rings is 2. The molecule has 0 aromatic heterocycles. The number of thioether (sulfide) groups is 2. The Morgan fingerprint density at radius 3 is 1.39 bits per heavy atom. The van der Waals surface area contributed by atoms with Crippen molar-refractivity contribution < 1.29 is 14.9 Å². The van der Waals surface area contributed by atoms with Crippen molar-refractivity contribution in [3.8, 4) is 11.5 Å². The van der Waals surface area contributed by atoms with Crippen LogP contribution in [0.3, 0.4) is 0 Å². The third-order valence-corrected chi connectivity index (χ3v) is 10.7. The lowest BCUT2D eigenvalue weighted by molar-refractivity contribution is 0.196. The number of aliphatic hydroxyl groups is 1. The van der Waals surface area contributed by atoms with Crippen molar-refractivity contribution in [2.45, 2.75) is 131 Å². The molecule has 3 rings (SSSR count). The van der Waals surface area contributed by atoms with Crippen molar-refractivity contribution in [2.24, 2.45) is 0 Å². The Hall–Kier alpha value is -1.34. The summed E-state index contributed by atoms with van der Waals surface area (Å²) >= 11 is 3.95. The fourth-order valence-electron chi connectivity index (χ4n) is 5.35.